The maximum absolute atomic E-state index is 12.0. The van der Waals surface area contributed by atoms with Gasteiger partial charge >= 0.3 is 0 Å². The second-order valence-electron chi connectivity index (χ2n) is 4.14. The molecule has 0 unspecified atom stereocenters. The van der Waals surface area contributed by atoms with Gasteiger partial charge in [-0.3, -0.25) is 4.79 Å². The Morgan fingerprint density at radius 1 is 1.50 bits per heavy atom. The Morgan fingerprint density at radius 3 is 2.89 bits per heavy atom. The molecule has 0 saturated carbocycles. The van der Waals surface area contributed by atoms with Crippen LogP contribution in [-0.2, 0) is 22.7 Å². The molecule has 0 aromatic carbocycles. The van der Waals surface area contributed by atoms with Gasteiger partial charge in [0.25, 0.3) is 0 Å². The molecule has 100 valence electrons. The molecule has 2 N–H and O–H groups in total. The first-order chi connectivity index (χ1) is 8.72. The van der Waals surface area contributed by atoms with Gasteiger partial charge in [-0.2, -0.15) is 0 Å². The lowest BCUT2D eigenvalue weighted by molar-refractivity contribution is -0.135. The molecule has 0 aliphatic carbocycles. The van der Waals surface area contributed by atoms with E-state index in [2.05, 4.69) is 4.98 Å². The average molecular weight is 271 g/mol. The van der Waals surface area contributed by atoms with Crippen LogP contribution in [0.1, 0.15) is 12.1 Å². The molecule has 1 aromatic rings. The van der Waals surface area contributed by atoms with Crippen molar-refractivity contribution < 1.29 is 14.6 Å². The van der Waals surface area contributed by atoms with E-state index in [-0.39, 0.29) is 12.5 Å². The maximum Gasteiger partial charge on any atom is 0.224 e. The summed E-state index contributed by atoms with van der Waals surface area (Å²) in [5, 5.41) is 9.15. The monoisotopic (exact) mass is 271 g/mol. The standard InChI is InChI=1S/C11H17N3O3S/c15-8-9-7-12-11(18)14(9)2-1-10(16)13-3-5-17-6-4-13/h7,15H,1-6,8H2,(H,12,18). The van der Waals surface area contributed by atoms with Crippen LogP contribution >= 0.6 is 12.2 Å². The fraction of sp³-hybridized carbons (Fsp3) is 0.636. The molecule has 1 aliphatic rings. The molecule has 2 heterocycles. The highest BCUT2D eigenvalue weighted by Crippen LogP contribution is 2.06. The van der Waals surface area contributed by atoms with Crippen molar-refractivity contribution in [3.8, 4) is 0 Å². The largest absolute Gasteiger partial charge is 0.390 e. The zero-order valence-corrected chi connectivity index (χ0v) is 10.9. The van der Waals surface area contributed by atoms with Gasteiger partial charge in [-0.1, -0.05) is 0 Å². The Labute approximate surface area is 110 Å². The van der Waals surface area contributed by atoms with Crippen LogP contribution in [0.4, 0.5) is 0 Å². The lowest BCUT2D eigenvalue weighted by atomic mass is 10.3. The summed E-state index contributed by atoms with van der Waals surface area (Å²) in [5.41, 5.74) is 0.703. The van der Waals surface area contributed by atoms with Gasteiger partial charge in [-0.25, -0.2) is 0 Å². The topological polar surface area (TPSA) is 70.5 Å². The summed E-state index contributed by atoms with van der Waals surface area (Å²) in [6.07, 6.45) is 2.06. The number of aliphatic hydroxyl groups excluding tert-OH is 1. The minimum atomic E-state index is -0.0844. The lowest BCUT2D eigenvalue weighted by Gasteiger charge is -2.27. The summed E-state index contributed by atoms with van der Waals surface area (Å²) in [5.74, 6) is 0.102. The molecule has 18 heavy (non-hydrogen) atoms. The van der Waals surface area contributed by atoms with E-state index in [9.17, 15) is 4.79 Å². The highest BCUT2D eigenvalue weighted by molar-refractivity contribution is 7.71. The Hall–Kier alpha value is -1.18. The smallest absolute Gasteiger partial charge is 0.224 e. The fourth-order valence-electron chi connectivity index (χ4n) is 1.99. The van der Waals surface area contributed by atoms with Crippen molar-refractivity contribution in [3.63, 3.8) is 0 Å². The number of H-pyrrole nitrogens is 1. The summed E-state index contributed by atoms with van der Waals surface area (Å²) >= 11 is 5.10. The molecule has 1 saturated heterocycles. The number of imidazole rings is 1. The first-order valence-electron chi connectivity index (χ1n) is 5.96. The summed E-state index contributed by atoms with van der Waals surface area (Å²) in [6.45, 7) is 2.94. The van der Waals surface area contributed by atoms with E-state index in [0.29, 0.717) is 49.7 Å². The van der Waals surface area contributed by atoms with Crippen molar-refractivity contribution in [2.24, 2.45) is 0 Å². The third kappa shape index (κ3) is 2.98. The molecule has 0 bridgehead atoms. The van der Waals surface area contributed by atoms with Crippen molar-refractivity contribution in [1.29, 1.82) is 0 Å². The van der Waals surface area contributed by atoms with Gasteiger partial charge in [0.15, 0.2) is 4.77 Å². The van der Waals surface area contributed by atoms with Crippen molar-refractivity contribution >= 4 is 18.1 Å². The number of amides is 1. The summed E-state index contributed by atoms with van der Waals surface area (Å²) in [7, 11) is 0. The van der Waals surface area contributed by atoms with Crippen LogP contribution in [0.15, 0.2) is 6.20 Å². The number of carbonyl (C=O) groups excluding carboxylic acids is 1. The molecular formula is C11H17N3O3S. The Balaban J connectivity index is 1.92. The summed E-state index contributed by atoms with van der Waals surface area (Å²) < 4.78 is 7.50. The Bertz CT molecular complexity index is 462. The Morgan fingerprint density at radius 2 is 2.22 bits per heavy atom. The van der Waals surface area contributed by atoms with E-state index in [1.165, 1.54) is 0 Å². The minimum Gasteiger partial charge on any atom is -0.390 e. The van der Waals surface area contributed by atoms with E-state index >= 15 is 0 Å². The van der Waals surface area contributed by atoms with Gasteiger partial charge in [-0.15, -0.1) is 0 Å². The van der Waals surface area contributed by atoms with E-state index in [1.54, 1.807) is 15.7 Å². The molecule has 6 nitrogen and oxygen atoms in total. The molecular weight excluding hydrogens is 254 g/mol. The third-order valence-corrected chi connectivity index (χ3v) is 3.37. The number of ether oxygens (including phenoxy) is 1. The second kappa shape index (κ2) is 6.12. The first-order valence-corrected chi connectivity index (χ1v) is 6.36. The van der Waals surface area contributed by atoms with Crippen LogP contribution in [0.5, 0.6) is 0 Å². The average Bonchev–Trinajstić information content (AvgIpc) is 2.77. The van der Waals surface area contributed by atoms with Gasteiger partial charge in [-0.05, 0) is 12.2 Å². The van der Waals surface area contributed by atoms with E-state index in [0.717, 1.165) is 0 Å². The zero-order chi connectivity index (χ0) is 13.0. The number of aromatic nitrogens is 2. The quantitative estimate of drug-likeness (QED) is 0.772. The molecule has 1 fully saturated rings. The van der Waals surface area contributed by atoms with Crippen molar-refractivity contribution in [3.05, 3.63) is 16.7 Å². The highest BCUT2D eigenvalue weighted by atomic mass is 32.1. The number of nitrogens with one attached hydrogen (secondary N) is 1. The van der Waals surface area contributed by atoms with Crippen molar-refractivity contribution in [1.82, 2.24) is 14.5 Å². The number of nitrogens with zero attached hydrogens (tertiary/aromatic N) is 2. The molecule has 0 atom stereocenters. The number of hydrogen-bond donors (Lipinski definition) is 2. The van der Waals surface area contributed by atoms with Gasteiger partial charge in [0.2, 0.25) is 5.91 Å². The molecule has 1 amide bonds. The van der Waals surface area contributed by atoms with Crippen LogP contribution in [0.25, 0.3) is 0 Å². The van der Waals surface area contributed by atoms with Crippen LogP contribution in [0.2, 0.25) is 0 Å². The van der Waals surface area contributed by atoms with Crippen molar-refractivity contribution in [2.75, 3.05) is 26.3 Å². The van der Waals surface area contributed by atoms with Gasteiger partial charge in [0.1, 0.15) is 0 Å². The minimum absolute atomic E-state index is 0.0844. The van der Waals surface area contributed by atoms with Crippen molar-refractivity contribution in [2.45, 2.75) is 19.6 Å². The lowest BCUT2D eigenvalue weighted by Crippen LogP contribution is -2.41. The first kappa shape index (κ1) is 13.3. The van der Waals surface area contributed by atoms with E-state index in [1.807, 2.05) is 0 Å². The SMILES string of the molecule is O=C(CCn1c(CO)c[nH]c1=S)N1CCOCC1. The van der Waals surface area contributed by atoms with Gasteiger partial charge in [0.05, 0.1) is 25.5 Å². The number of morpholine rings is 1. The van der Waals surface area contributed by atoms with E-state index < -0.39 is 0 Å². The number of aliphatic hydroxyl groups is 1. The number of aromatic amines is 1. The second-order valence-corrected chi connectivity index (χ2v) is 4.52. The summed E-state index contributed by atoms with van der Waals surface area (Å²) in [6, 6.07) is 0. The Kier molecular flexibility index (Phi) is 4.51. The van der Waals surface area contributed by atoms with Crippen LogP contribution in [0, 0.1) is 4.77 Å². The number of rotatable bonds is 4. The van der Waals surface area contributed by atoms with Gasteiger partial charge in [0, 0.05) is 32.3 Å². The van der Waals surface area contributed by atoms with Crippen LogP contribution < -0.4 is 0 Å². The molecule has 1 aromatic heterocycles. The highest BCUT2D eigenvalue weighted by Gasteiger charge is 2.16. The number of hydrogen-bond acceptors (Lipinski definition) is 4. The summed E-state index contributed by atoms with van der Waals surface area (Å²) in [4.78, 5) is 16.6. The third-order valence-electron chi connectivity index (χ3n) is 3.03. The molecule has 0 radical (unpaired) electrons. The molecule has 1 aliphatic heterocycles. The van der Waals surface area contributed by atoms with E-state index in [4.69, 9.17) is 22.1 Å². The molecule has 2 rings (SSSR count). The molecule has 7 heteroatoms. The molecule has 0 spiro atoms. The van der Waals surface area contributed by atoms with Crippen LogP contribution in [-0.4, -0.2) is 51.8 Å². The van der Waals surface area contributed by atoms with Crippen LogP contribution in [0.3, 0.4) is 0 Å². The number of carbonyl (C=O) groups is 1. The normalized spacial score (nSPS) is 15.9. The van der Waals surface area contributed by atoms with Gasteiger partial charge < -0.3 is 24.3 Å². The maximum atomic E-state index is 12.0. The fourth-order valence-corrected chi connectivity index (χ4v) is 2.25. The predicted octanol–water partition coefficient (Wildman–Crippen LogP) is 0.287. The zero-order valence-electron chi connectivity index (χ0n) is 10.1. The predicted molar refractivity (Wildman–Crippen MR) is 67.6 cm³/mol.